The lowest BCUT2D eigenvalue weighted by molar-refractivity contribution is -0.121. The van der Waals surface area contributed by atoms with Crippen LogP contribution in [0.15, 0.2) is 48.5 Å². The predicted molar refractivity (Wildman–Crippen MR) is 96.8 cm³/mol. The molecule has 0 saturated heterocycles. The molecule has 1 N–H and O–H groups in total. The minimum atomic E-state index is -2.90. The van der Waals surface area contributed by atoms with Crippen LogP contribution in [-0.4, -0.2) is 43.5 Å². The molecule has 1 aliphatic heterocycles. The third kappa shape index (κ3) is 4.79. The maximum absolute atomic E-state index is 12.3. The van der Waals surface area contributed by atoms with E-state index in [9.17, 15) is 18.4 Å². The molecular weight excluding hydrogens is 356 g/mol. The Bertz CT molecular complexity index is 827. The Morgan fingerprint density at radius 2 is 1.85 bits per heavy atom. The highest BCUT2D eigenvalue weighted by Gasteiger charge is 2.24. The molecule has 0 atom stereocenters. The Kier molecular flexibility index (Phi) is 5.66. The number of alkyl halides is 2. The summed E-state index contributed by atoms with van der Waals surface area (Å²) in [5, 5.41) is 2.69. The quantitative estimate of drug-likeness (QED) is 0.873. The number of nitrogens with one attached hydrogen (secondary N) is 1. The minimum absolute atomic E-state index is 0.0146. The van der Waals surface area contributed by atoms with Crippen molar-refractivity contribution in [2.24, 2.45) is 0 Å². The first-order valence-corrected chi connectivity index (χ1v) is 8.34. The number of carbonyl (C=O) groups is 2. The van der Waals surface area contributed by atoms with Gasteiger partial charge >= 0.3 is 6.61 Å². The number of fused-ring (bicyclic) bond motifs is 1. The van der Waals surface area contributed by atoms with E-state index >= 15 is 0 Å². The fraction of sp³-hybridized carbons (Fsp3) is 0.263. The van der Waals surface area contributed by atoms with Crippen molar-refractivity contribution in [3.8, 4) is 5.75 Å². The van der Waals surface area contributed by atoms with Crippen LogP contribution in [0.5, 0.6) is 5.75 Å². The summed E-state index contributed by atoms with van der Waals surface area (Å²) in [5.74, 6) is -0.380. The summed E-state index contributed by atoms with van der Waals surface area (Å²) in [6.07, 6.45) is 0. The Morgan fingerprint density at radius 1 is 1.15 bits per heavy atom. The van der Waals surface area contributed by atoms with Crippen molar-refractivity contribution in [2.45, 2.75) is 13.2 Å². The third-order valence-electron chi connectivity index (χ3n) is 4.21. The molecule has 2 amide bonds. The fourth-order valence-electron chi connectivity index (χ4n) is 2.94. The van der Waals surface area contributed by atoms with E-state index in [4.69, 9.17) is 0 Å². The second-order valence-corrected chi connectivity index (χ2v) is 6.18. The molecule has 6 nitrogen and oxygen atoms in total. The van der Waals surface area contributed by atoms with Gasteiger partial charge in [0.1, 0.15) is 5.75 Å². The maximum atomic E-state index is 12.3. The van der Waals surface area contributed by atoms with Crippen LogP contribution < -0.4 is 15.0 Å². The summed E-state index contributed by atoms with van der Waals surface area (Å²) in [5.41, 5.74) is 2.26. The lowest BCUT2D eigenvalue weighted by Gasteiger charge is -2.19. The van der Waals surface area contributed by atoms with Crippen LogP contribution in [0.25, 0.3) is 0 Å². The molecule has 0 spiro atoms. The van der Waals surface area contributed by atoms with Gasteiger partial charge in [-0.1, -0.05) is 18.2 Å². The largest absolute Gasteiger partial charge is 0.435 e. The highest BCUT2D eigenvalue weighted by molar-refractivity contribution is 5.97. The maximum Gasteiger partial charge on any atom is 0.387 e. The molecule has 0 bridgehead atoms. The summed E-state index contributed by atoms with van der Waals surface area (Å²) >= 11 is 0. The van der Waals surface area contributed by atoms with Crippen LogP contribution in [0.4, 0.5) is 20.2 Å². The summed E-state index contributed by atoms with van der Waals surface area (Å²) in [7, 11) is 1.72. The molecule has 2 aromatic carbocycles. The van der Waals surface area contributed by atoms with E-state index in [1.54, 1.807) is 16.8 Å². The first-order valence-electron chi connectivity index (χ1n) is 8.34. The fourth-order valence-corrected chi connectivity index (χ4v) is 2.94. The van der Waals surface area contributed by atoms with Crippen molar-refractivity contribution in [3.63, 3.8) is 0 Å². The van der Waals surface area contributed by atoms with Gasteiger partial charge in [0, 0.05) is 25.0 Å². The SMILES string of the molecule is CN1C(=O)CN(CC(=O)Nc2ccc(OC(F)F)cc2)Cc2ccccc21. The molecule has 0 aliphatic carbocycles. The van der Waals surface area contributed by atoms with Gasteiger partial charge in [0.25, 0.3) is 0 Å². The first kappa shape index (κ1) is 18.8. The third-order valence-corrected chi connectivity index (χ3v) is 4.21. The van der Waals surface area contributed by atoms with Crippen LogP contribution in [0.2, 0.25) is 0 Å². The molecule has 3 rings (SSSR count). The first-order chi connectivity index (χ1) is 12.9. The molecule has 1 aliphatic rings. The molecule has 27 heavy (non-hydrogen) atoms. The zero-order chi connectivity index (χ0) is 19.4. The minimum Gasteiger partial charge on any atom is -0.435 e. The number of ether oxygens (including phenoxy) is 1. The number of carbonyl (C=O) groups excluding carboxylic acids is 2. The molecule has 2 aromatic rings. The number of para-hydroxylation sites is 1. The number of rotatable bonds is 5. The number of nitrogens with zero attached hydrogens (tertiary/aromatic N) is 2. The van der Waals surface area contributed by atoms with E-state index in [-0.39, 0.29) is 30.7 Å². The van der Waals surface area contributed by atoms with Crippen molar-refractivity contribution in [1.82, 2.24) is 4.90 Å². The molecular formula is C19H19F2N3O3. The summed E-state index contributed by atoms with van der Waals surface area (Å²) in [6.45, 7) is -2.27. The molecule has 0 aromatic heterocycles. The highest BCUT2D eigenvalue weighted by Crippen LogP contribution is 2.24. The summed E-state index contributed by atoms with van der Waals surface area (Å²) in [4.78, 5) is 28.0. The van der Waals surface area contributed by atoms with Gasteiger partial charge in [-0.2, -0.15) is 8.78 Å². The van der Waals surface area contributed by atoms with Crippen molar-refractivity contribution < 1.29 is 23.1 Å². The van der Waals surface area contributed by atoms with Gasteiger partial charge in [-0.05, 0) is 35.9 Å². The van der Waals surface area contributed by atoms with Crippen LogP contribution in [-0.2, 0) is 16.1 Å². The Hall–Kier alpha value is -3.00. The smallest absolute Gasteiger partial charge is 0.387 e. The van der Waals surface area contributed by atoms with Gasteiger partial charge < -0.3 is 15.0 Å². The normalized spacial score (nSPS) is 14.7. The van der Waals surface area contributed by atoms with E-state index in [0.29, 0.717) is 12.2 Å². The van der Waals surface area contributed by atoms with Crippen molar-refractivity contribution in [2.75, 3.05) is 30.4 Å². The van der Waals surface area contributed by atoms with Gasteiger partial charge in [0.15, 0.2) is 0 Å². The van der Waals surface area contributed by atoms with Crippen LogP contribution >= 0.6 is 0 Å². The van der Waals surface area contributed by atoms with Crippen molar-refractivity contribution >= 4 is 23.2 Å². The second-order valence-electron chi connectivity index (χ2n) is 6.18. The Labute approximate surface area is 155 Å². The van der Waals surface area contributed by atoms with Crippen LogP contribution in [0.1, 0.15) is 5.56 Å². The number of anilines is 2. The zero-order valence-electron chi connectivity index (χ0n) is 14.7. The molecule has 0 saturated carbocycles. The number of benzene rings is 2. The molecule has 1 heterocycles. The highest BCUT2D eigenvalue weighted by atomic mass is 19.3. The molecule has 8 heteroatoms. The monoisotopic (exact) mass is 375 g/mol. The van der Waals surface area contributed by atoms with Gasteiger partial charge in [-0.25, -0.2) is 0 Å². The molecule has 0 unspecified atom stereocenters. The number of hydrogen-bond acceptors (Lipinski definition) is 4. The Balaban J connectivity index is 1.63. The van der Waals surface area contributed by atoms with E-state index in [2.05, 4.69) is 10.1 Å². The summed E-state index contributed by atoms with van der Waals surface area (Å²) < 4.78 is 28.6. The average Bonchev–Trinajstić information content (AvgIpc) is 2.73. The van der Waals surface area contributed by atoms with Crippen LogP contribution in [0.3, 0.4) is 0 Å². The topological polar surface area (TPSA) is 61.9 Å². The van der Waals surface area contributed by atoms with Gasteiger partial charge in [-0.3, -0.25) is 14.5 Å². The van der Waals surface area contributed by atoms with E-state index in [1.807, 2.05) is 24.3 Å². The van der Waals surface area contributed by atoms with Crippen LogP contribution in [0, 0.1) is 0 Å². The van der Waals surface area contributed by atoms with E-state index in [0.717, 1.165) is 11.3 Å². The predicted octanol–water partition coefficient (Wildman–Crippen LogP) is 2.71. The van der Waals surface area contributed by atoms with Gasteiger partial charge in [-0.15, -0.1) is 0 Å². The number of likely N-dealkylation sites (N-methyl/N-ethyl adjacent to an activating group) is 1. The van der Waals surface area contributed by atoms with Gasteiger partial charge in [0.05, 0.1) is 13.1 Å². The standard InChI is InChI=1S/C19H19F2N3O3/c1-23-16-5-3-2-4-13(16)10-24(12-18(23)26)11-17(25)22-14-6-8-15(9-7-14)27-19(20)21/h2-9,19H,10-12H2,1H3,(H,22,25). The number of hydrogen-bond donors (Lipinski definition) is 1. The van der Waals surface area contributed by atoms with Crippen molar-refractivity contribution in [1.29, 1.82) is 0 Å². The molecule has 0 fully saturated rings. The zero-order valence-corrected chi connectivity index (χ0v) is 14.7. The number of halogens is 2. The van der Waals surface area contributed by atoms with Crippen molar-refractivity contribution in [3.05, 3.63) is 54.1 Å². The second kappa shape index (κ2) is 8.13. The van der Waals surface area contributed by atoms with E-state index in [1.165, 1.54) is 24.3 Å². The lowest BCUT2D eigenvalue weighted by Crippen LogP contribution is -2.39. The Morgan fingerprint density at radius 3 is 2.56 bits per heavy atom. The average molecular weight is 375 g/mol. The van der Waals surface area contributed by atoms with Gasteiger partial charge in [0.2, 0.25) is 11.8 Å². The van der Waals surface area contributed by atoms with E-state index < -0.39 is 6.61 Å². The molecule has 142 valence electrons. The molecule has 0 radical (unpaired) electrons. The number of amides is 2. The summed E-state index contributed by atoms with van der Waals surface area (Å²) in [6, 6.07) is 13.2. The lowest BCUT2D eigenvalue weighted by atomic mass is 10.1.